The molecule has 84 valence electrons. The predicted octanol–water partition coefficient (Wildman–Crippen LogP) is -0.0419. The number of fused-ring (bicyclic) bond motifs is 1. The van der Waals surface area contributed by atoms with Crippen LogP contribution in [0.2, 0.25) is 0 Å². The maximum absolute atomic E-state index is 11.7. The summed E-state index contributed by atoms with van der Waals surface area (Å²) < 4.78 is 0. The lowest BCUT2D eigenvalue weighted by Crippen LogP contribution is -2.33. The van der Waals surface area contributed by atoms with E-state index in [0.717, 1.165) is 18.8 Å². The third-order valence-electron chi connectivity index (χ3n) is 3.49. The monoisotopic (exact) mass is 217 g/mol. The zero-order chi connectivity index (χ0) is 11.0. The minimum absolute atomic E-state index is 0.0955. The summed E-state index contributed by atoms with van der Waals surface area (Å²) in [6.45, 7) is 2.11. The van der Waals surface area contributed by atoms with Crippen molar-refractivity contribution in [2.75, 3.05) is 13.1 Å². The molecule has 0 spiro atoms. The number of carbonyl (C=O) groups excluding carboxylic acids is 1. The van der Waals surface area contributed by atoms with Crippen LogP contribution in [0.1, 0.15) is 5.69 Å². The average molecular weight is 217 g/mol. The Bertz CT molecular complexity index is 383. The first-order valence-corrected chi connectivity index (χ1v) is 5.74. The van der Waals surface area contributed by atoms with Crippen LogP contribution in [0.25, 0.3) is 0 Å². The molecule has 0 radical (unpaired) electrons. The molecule has 1 aromatic rings. The zero-order valence-corrected chi connectivity index (χ0v) is 9.02. The smallest absolute Gasteiger partial charge is 0.226 e. The zero-order valence-electron chi connectivity index (χ0n) is 9.02. The van der Waals surface area contributed by atoms with Crippen LogP contribution in [0, 0.1) is 11.8 Å². The fraction of sp³-hybridized carbons (Fsp3) is 0.500. The van der Waals surface area contributed by atoms with E-state index < -0.39 is 0 Å². The molecule has 0 bridgehead atoms. The van der Waals surface area contributed by atoms with Crippen LogP contribution in [-0.4, -0.2) is 30.0 Å². The Morgan fingerprint density at radius 3 is 2.94 bits per heavy atom. The summed E-state index contributed by atoms with van der Waals surface area (Å²) in [5, 5.41) is 6.40. The third-order valence-corrected chi connectivity index (χ3v) is 3.49. The molecular weight excluding hydrogens is 202 g/mol. The van der Waals surface area contributed by atoms with Crippen LogP contribution in [0.5, 0.6) is 0 Å². The van der Waals surface area contributed by atoms with Crippen LogP contribution in [0.15, 0.2) is 24.4 Å². The lowest BCUT2D eigenvalue weighted by atomic mass is 10.2. The van der Waals surface area contributed by atoms with Crippen LogP contribution in [0.4, 0.5) is 0 Å². The average Bonchev–Trinajstić information content (AvgIpc) is 2.76. The molecule has 1 amide bonds. The highest BCUT2D eigenvalue weighted by molar-refractivity contribution is 5.78. The quantitative estimate of drug-likeness (QED) is 0.747. The highest BCUT2D eigenvalue weighted by Crippen LogP contribution is 2.41. The fourth-order valence-electron chi connectivity index (χ4n) is 2.54. The first kappa shape index (κ1) is 9.78. The Morgan fingerprint density at radius 2 is 2.25 bits per heavy atom. The van der Waals surface area contributed by atoms with Crippen molar-refractivity contribution in [1.29, 1.82) is 0 Å². The Hall–Kier alpha value is -1.42. The first-order valence-electron chi connectivity index (χ1n) is 5.74. The second kappa shape index (κ2) is 3.87. The van der Waals surface area contributed by atoms with E-state index in [2.05, 4.69) is 15.6 Å². The van der Waals surface area contributed by atoms with E-state index in [9.17, 15) is 4.79 Å². The third kappa shape index (κ3) is 1.80. The van der Waals surface area contributed by atoms with Gasteiger partial charge in [-0.1, -0.05) is 6.07 Å². The number of rotatable bonds is 3. The maximum Gasteiger partial charge on any atom is 0.226 e. The molecule has 1 saturated heterocycles. The second-order valence-electron chi connectivity index (χ2n) is 4.58. The molecule has 4 nitrogen and oxygen atoms in total. The molecule has 1 aliphatic heterocycles. The number of hydrogen-bond acceptors (Lipinski definition) is 3. The molecule has 2 unspecified atom stereocenters. The molecule has 2 atom stereocenters. The first-order chi connectivity index (χ1) is 7.84. The second-order valence-corrected chi connectivity index (χ2v) is 4.58. The summed E-state index contributed by atoms with van der Waals surface area (Å²) in [4.78, 5) is 15.9. The van der Waals surface area contributed by atoms with Crippen LogP contribution < -0.4 is 10.6 Å². The maximum atomic E-state index is 11.7. The van der Waals surface area contributed by atoms with Gasteiger partial charge >= 0.3 is 0 Å². The van der Waals surface area contributed by atoms with Crippen molar-refractivity contribution in [2.45, 2.75) is 12.5 Å². The Labute approximate surface area is 94.5 Å². The molecule has 4 heteroatoms. The van der Waals surface area contributed by atoms with Crippen molar-refractivity contribution in [3.8, 4) is 0 Å². The fourth-order valence-corrected chi connectivity index (χ4v) is 2.54. The number of carbonyl (C=O) groups is 1. The molecule has 2 aliphatic rings. The lowest BCUT2D eigenvalue weighted by Gasteiger charge is -2.07. The minimum Gasteiger partial charge on any atom is -0.352 e. The SMILES string of the molecule is O=C(Cc1ccccn1)NC1C2CNCC21. The number of aromatic nitrogens is 1. The number of piperidine rings is 1. The van der Waals surface area contributed by atoms with Crippen molar-refractivity contribution in [3.05, 3.63) is 30.1 Å². The molecule has 0 aromatic carbocycles. The summed E-state index contributed by atoms with van der Waals surface area (Å²) in [7, 11) is 0. The number of nitrogens with zero attached hydrogens (tertiary/aromatic N) is 1. The van der Waals surface area contributed by atoms with E-state index in [-0.39, 0.29) is 5.91 Å². The molecule has 1 aromatic heterocycles. The Balaban J connectivity index is 1.51. The van der Waals surface area contributed by atoms with Gasteiger partial charge in [-0.05, 0) is 24.0 Å². The summed E-state index contributed by atoms with van der Waals surface area (Å²) in [6, 6.07) is 6.07. The molecule has 2 heterocycles. The topological polar surface area (TPSA) is 54.0 Å². The van der Waals surface area contributed by atoms with Crippen molar-refractivity contribution < 1.29 is 4.79 Å². The summed E-state index contributed by atoms with van der Waals surface area (Å²) in [5.74, 6) is 1.44. The number of pyridine rings is 1. The van der Waals surface area contributed by atoms with Crippen molar-refractivity contribution >= 4 is 5.91 Å². The molecule has 1 saturated carbocycles. The molecule has 3 rings (SSSR count). The van der Waals surface area contributed by atoms with Gasteiger partial charge in [0.25, 0.3) is 0 Å². The molecule has 16 heavy (non-hydrogen) atoms. The number of nitrogens with one attached hydrogen (secondary N) is 2. The molecular formula is C12H15N3O. The van der Waals surface area contributed by atoms with Gasteiger partial charge < -0.3 is 10.6 Å². The number of hydrogen-bond donors (Lipinski definition) is 2. The van der Waals surface area contributed by atoms with Crippen LogP contribution in [-0.2, 0) is 11.2 Å². The van der Waals surface area contributed by atoms with Gasteiger partial charge in [0.2, 0.25) is 5.91 Å². The van der Waals surface area contributed by atoms with Gasteiger partial charge in [-0.25, -0.2) is 0 Å². The Kier molecular flexibility index (Phi) is 2.36. The lowest BCUT2D eigenvalue weighted by molar-refractivity contribution is -0.120. The van der Waals surface area contributed by atoms with Crippen molar-refractivity contribution in [3.63, 3.8) is 0 Å². The van der Waals surface area contributed by atoms with Crippen LogP contribution >= 0.6 is 0 Å². The van der Waals surface area contributed by atoms with Crippen molar-refractivity contribution in [1.82, 2.24) is 15.6 Å². The van der Waals surface area contributed by atoms with Gasteiger partial charge in [-0.15, -0.1) is 0 Å². The van der Waals surface area contributed by atoms with E-state index in [1.807, 2.05) is 18.2 Å². The van der Waals surface area contributed by atoms with Crippen molar-refractivity contribution in [2.24, 2.45) is 11.8 Å². The molecule has 2 fully saturated rings. The van der Waals surface area contributed by atoms with E-state index in [1.165, 1.54) is 0 Å². The normalized spacial score (nSPS) is 30.9. The minimum atomic E-state index is 0.0955. The molecule has 2 N–H and O–H groups in total. The van der Waals surface area contributed by atoms with E-state index >= 15 is 0 Å². The van der Waals surface area contributed by atoms with Crippen LogP contribution in [0.3, 0.4) is 0 Å². The van der Waals surface area contributed by atoms with Gasteiger partial charge in [0.15, 0.2) is 0 Å². The van der Waals surface area contributed by atoms with Gasteiger partial charge in [-0.3, -0.25) is 9.78 Å². The molecule has 1 aliphatic carbocycles. The highest BCUT2D eigenvalue weighted by atomic mass is 16.1. The van der Waals surface area contributed by atoms with Gasteiger partial charge in [0.1, 0.15) is 0 Å². The standard InChI is InChI=1S/C12H15N3O/c16-11(5-8-3-1-2-4-14-8)15-12-9-6-13-7-10(9)12/h1-4,9-10,12-13H,5-7H2,(H,15,16). The van der Waals surface area contributed by atoms with E-state index in [1.54, 1.807) is 6.20 Å². The number of amides is 1. The van der Waals surface area contributed by atoms with E-state index in [0.29, 0.717) is 24.3 Å². The summed E-state index contributed by atoms with van der Waals surface area (Å²) in [5.41, 5.74) is 0.837. The van der Waals surface area contributed by atoms with Gasteiger partial charge in [-0.2, -0.15) is 0 Å². The van der Waals surface area contributed by atoms with Gasteiger partial charge in [0.05, 0.1) is 6.42 Å². The Morgan fingerprint density at radius 1 is 1.44 bits per heavy atom. The predicted molar refractivity (Wildman–Crippen MR) is 59.7 cm³/mol. The largest absolute Gasteiger partial charge is 0.352 e. The highest BCUT2D eigenvalue weighted by Gasteiger charge is 2.53. The van der Waals surface area contributed by atoms with Gasteiger partial charge in [0, 0.05) is 31.0 Å². The summed E-state index contributed by atoms with van der Waals surface area (Å²) in [6.07, 6.45) is 2.11. The van der Waals surface area contributed by atoms with E-state index in [4.69, 9.17) is 0 Å². The summed E-state index contributed by atoms with van der Waals surface area (Å²) >= 11 is 0.